The highest BCUT2D eigenvalue weighted by atomic mass is 35.5. The summed E-state index contributed by atoms with van der Waals surface area (Å²) in [7, 11) is 0. The molecule has 2 N–H and O–H groups in total. The van der Waals surface area contributed by atoms with Crippen molar-refractivity contribution in [1.82, 2.24) is 0 Å². The minimum absolute atomic E-state index is 0.142. The number of halogens is 1. The van der Waals surface area contributed by atoms with Crippen LogP contribution in [0.3, 0.4) is 0 Å². The Morgan fingerprint density at radius 1 is 1.24 bits per heavy atom. The number of nitrogens with one attached hydrogen (secondary N) is 2. The first-order chi connectivity index (χ1) is 10.1. The van der Waals surface area contributed by atoms with E-state index >= 15 is 0 Å². The second-order valence-corrected chi connectivity index (χ2v) is 5.81. The fourth-order valence-corrected chi connectivity index (χ4v) is 2.90. The maximum absolute atomic E-state index is 12.3. The highest BCUT2D eigenvalue weighted by Gasteiger charge is 2.11. The average molecular weight is 301 g/mol. The van der Waals surface area contributed by atoms with Gasteiger partial charge in [-0.3, -0.25) is 4.79 Å². The molecule has 1 aliphatic rings. The van der Waals surface area contributed by atoms with Crippen molar-refractivity contribution in [2.75, 3.05) is 17.2 Å². The van der Waals surface area contributed by atoms with Crippen LogP contribution in [0.2, 0.25) is 5.02 Å². The third-order valence-corrected chi connectivity index (χ3v) is 3.83. The summed E-state index contributed by atoms with van der Waals surface area (Å²) in [5.41, 5.74) is 4.76. The van der Waals surface area contributed by atoms with E-state index in [2.05, 4.69) is 16.7 Å². The SMILES string of the molecule is Cc1cc(Cl)cc(C(=O)Nc2ccc3c(c2)NCCC3)c1. The normalized spacial score (nSPS) is 13.2. The zero-order valence-corrected chi connectivity index (χ0v) is 12.6. The lowest BCUT2D eigenvalue weighted by Gasteiger charge is -2.19. The van der Waals surface area contributed by atoms with Crippen molar-refractivity contribution in [1.29, 1.82) is 0 Å². The van der Waals surface area contributed by atoms with Crippen molar-refractivity contribution in [3.05, 3.63) is 58.1 Å². The molecule has 0 fully saturated rings. The summed E-state index contributed by atoms with van der Waals surface area (Å²) in [4.78, 5) is 12.3. The molecule has 2 aromatic carbocycles. The van der Waals surface area contributed by atoms with Crippen molar-refractivity contribution in [3.63, 3.8) is 0 Å². The number of aryl methyl sites for hydroxylation is 2. The molecule has 4 heteroatoms. The largest absolute Gasteiger partial charge is 0.385 e. The number of hydrogen-bond acceptors (Lipinski definition) is 2. The van der Waals surface area contributed by atoms with Gasteiger partial charge in [-0.1, -0.05) is 17.7 Å². The Kier molecular flexibility index (Phi) is 3.84. The van der Waals surface area contributed by atoms with Gasteiger partial charge in [-0.05, 0) is 61.2 Å². The molecule has 0 saturated heterocycles. The minimum Gasteiger partial charge on any atom is -0.385 e. The van der Waals surface area contributed by atoms with E-state index in [0.29, 0.717) is 10.6 Å². The predicted molar refractivity (Wildman–Crippen MR) is 87.4 cm³/mol. The van der Waals surface area contributed by atoms with Gasteiger partial charge in [-0.25, -0.2) is 0 Å². The summed E-state index contributed by atoms with van der Waals surface area (Å²) < 4.78 is 0. The molecule has 1 aliphatic heterocycles. The Bertz CT molecular complexity index is 677. The second kappa shape index (κ2) is 5.78. The van der Waals surface area contributed by atoms with Gasteiger partial charge < -0.3 is 10.6 Å². The van der Waals surface area contributed by atoms with Crippen LogP contribution in [-0.4, -0.2) is 12.5 Å². The molecule has 0 bridgehead atoms. The van der Waals surface area contributed by atoms with Crippen LogP contribution in [-0.2, 0) is 6.42 Å². The van der Waals surface area contributed by atoms with Gasteiger partial charge in [0.05, 0.1) is 0 Å². The van der Waals surface area contributed by atoms with Crippen LogP contribution in [0.1, 0.15) is 27.9 Å². The summed E-state index contributed by atoms with van der Waals surface area (Å²) >= 11 is 6.00. The molecular formula is C17H17ClN2O. The molecule has 1 heterocycles. The van der Waals surface area contributed by atoms with Crippen LogP contribution < -0.4 is 10.6 Å². The minimum atomic E-state index is -0.142. The number of rotatable bonds is 2. The van der Waals surface area contributed by atoms with Crippen molar-refractivity contribution >= 4 is 28.9 Å². The van der Waals surface area contributed by atoms with Gasteiger partial charge in [-0.2, -0.15) is 0 Å². The third kappa shape index (κ3) is 3.19. The van der Waals surface area contributed by atoms with Crippen LogP contribution in [0.4, 0.5) is 11.4 Å². The van der Waals surface area contributed by atoms with Gasteiger partial charge in [0, 0.05) is 28.5 Å². The average Bonchev–Trinajstić information content (AvgIpc) is 2.46. The molecule has 0 unspecified atom stereocenters. The lowest BCUT2D eigenvalue weighted by atomic mass is 10.0. The molecule has 1 amide bonds. The fourth-order valence-electron chi connectivity index (χ4n) is 2.61. The van der Waals surface area contributed by atoms with E-state index in [9.17, 15) is 4.79 Å². The maximum atomic E-state index is 12.3. The van der Waals surface area contributed by atoms with Gasteiger partial charge in [0.1, 0.15) is 0 Å². The van der Waals surface area contributed by atoms with Gasteiger partial charge in [0.15, 0.2) is 0 Å². The molecule has 0 aromatic heterocycles. The number of fused-ring (bicyclic) bond motifs is 1. The molecule has 3 nitrogen and oxygen atoms in total. The zero-order valence-electron chi connectivity index (χ0n) is 11.9. The number of benzene rings is 2. The predicted octanol–water partition coefficient (Wildman–Crippen LogP) is 4.26. The molecule has 0 radical (unpaired) electrons. The highest BCUT2D eigenvalue weighted by Crippen LogP contribution is 2.26. The maximum Gasteiger partial charge on any atom is 0.255 e. The Morgan fingerprint density at radius 2 is 2.10 bits per heavy atom. The summed E-state index contributed by atoms with van der Waals surface area (Å²) in [5.74, 6) is -0.142. The monoisotopic (exact) mass is 300 g/mol. The first-order valence-corrected chi connectivity index (χ1v) is 7.45. The van der Waals surface area contributed by atoms with Crippen LogP contribution in [0.25, 0.3) is 0 Å². The number of carbonyl (C=O) groups is 1. The third-order valence-electron chi connectivity index (χ3n) is 3.61. The van der Waals surface area contributed by atoms with E-state index in [1.165, 1.54) is 5.56 Å². The van der Waals surface area contributed by atoms with E-state index in [4.69, 9.17) is 11.6 Å². The van der Waals surface area contributed by atoms with Gasteiger partial charge in [0.2, 0.25) is 0 Å². The van der Waals surface area contributed by atoms with Crippen LogP contribution >= 0.6 is 11.6 Å². The molecule has 0 saturated carbocycles. The fraction of sp³-hybridized carbons (Fsp3) is 0.235. The van der Waals surface area contributed by atoms with Crippen LogP contribution in [0.5, 0.6) is 0 Å². The molecule has 3 rings (SSSR count). The lowest BCUT2D eigenvalue weighted by molar-refractivity contribution is 0.102. The first-order valence-electron chi connectivity index (χ1n) is 7.07. The number of anilines is 2. The Balaban J connectivity index is 1.81. The van der Waals surface area contributed by atoms with E-state index in [0.717, 1.165) is 36.3 Å². The molecule has 2 aromatic rings. The second-order valence-electron chi connectivity index (χ2n) is 5.37. The first kappa shape index (κ1) is 14.0. The number of amides is 1. The van der Waals surface area contributed by atoms with E-state index < -0.39 is 0 Å². The topological polar surface area (TPSA) is 41.1 Å². The lowest BCUT2D eigenvalue weighted by Crippen LogP contribution is -2.15. The molecule has 0 atom stereocenters. The van der Waals surface area contributed by atoms with Gasteiger partial charge in [-0.15, -0.1) is 0 Å². The Hall–Kier alpha value is -2.00. The zero-order chi connectivity index (χ0) is 14.8. The van der Waals surface area contributed by atoms with Crippen molar-refractivity contribution in [2.24, 2.45) is 0 Å². The Morgan fingerprint density at radius 3 is 2.90 bits per heavy atom. The summed E-state index contributed by atoms with van der Waals surface area (Å²) in [6, 6.07) is 11.4. The smallest absolute Gasteiger partial charge is 0.255 e. The van der Waals surface area contributed by atoms with E-state index in [1.807, 2.05) is 31.2 Å². The highest BCUT2D eigenvalue weighted by molar-refractivity contribution is 6.31. The molecule has 0 aliphatic carbocycles. The van der Waals surface area contributed by atoms with Crippen LogP contribution in [0.15, 0.2) is 36.4 Å². The van der Waals surface area contributed by atoms with Crippen molar-refractivity contribution in [3.8, 4) is 0 Å². The Labute approximate surface area is 129 Å². The molecule has 0 spiro atoms. The summed E-state index contributed by atoms with van der Waals surface area (Å²) in [5, 5.41) is 6.86. The van der Waals surface area contributed by atoms with Crippen molar-refractivity contribution in [2.45, 2.75) is 19.8 Å². The van der Waals surface area contributed by atoms with Gasteiger partial charge >= 0.3 is 0 Å². The van der Waals surface area contributed by atoms with Crippen molar-refractivity contribution < 1.29 is 4.79 Å². The summed E-state index contributed by atoms with van der Waals surface area (Å²) in [6.45, 7) is 2.91. The van der Waals surface area contributed by atoms with E-state index in [1.54, 1.807) is 6.07 Å². The summed E-state index contributed by atoms with van der Waals surface area (Å²) in [6.07, 6.45) is 2.24. The molecule has 21 heavy (non-hydrogen) atoms. The quantitative estimate of drug-likeness (QED) is 0.870. The molecule has 108 valence electrons. The van der Waals surface area contributed by atoms with Crippen LogP contribution in [0, 0.1) is 6.92 Å². The standard InChI is InChI=1S/C17H17ClN2O/c1-11-7-13(9-14(18)8-11)17(21)20-15-5-4-12-3-2-6-19-16(12)10-15/h4-5,7-10,19H,2-3,6H2,1H3,(H,20,21). The number of carbonyl (C=O) groups excluding carboxylic acids is 1. The van der Waals surface area contributed by atoms with Gasteiger partial charge in [0.25, 0.3) is 5.91 Å². The molecular weight excluding hydrogens is 284 g/mol. The number of hydrogen-bond donors (Lipinski definition) is 2. The van der Waals surface area contributed by atoms with E-state index in [-0.39, 0.29) is 5.91 Å².